The van der Waals surface area contributed by atoms with Crippen molar-refractivity contribution in [2.45, 2.75) is 39.2 Å². The minimum Gasteiger partial charge on any atom is -0.341 e. The molecule has 0 spiro atoms. The van der Waals surface area contributed by atoms with Gasteiger partial charge in [0, 0.05) is 18.3 Å². The highest BCUT2D eigenvalue weighted by Crippen LogP contribution is 2.20. The molecule has 2 aromatic rings. The fourth-order valence-corrected chi connectivity index (χ4v) is 2.67. The summed E-state index contributed by atoms with van der Waals surface area (Å²) in [4.78, 5) is 20.8. The molecule has 6 nitrogen and oxygen atoms in total. The zero-order chi connectivity index (χ0) is 14.7. The molecule has 0 aromatic carbocycles. The summed E-state index contributed by atoms with van der Waals surface area (Å²) in [6.45, 7) is 6.13. The van der Waals surface area contributed by atoms with Crippen molar-refractivity contribution in [2.75, 3.05) is 0 Å². The molecule has 1 N–H and O–H groups in total. The largest absolute Gasteiger partial charge is 0.341 e. The van der Waals surface area contributed by atoms with Gasteiger partial charge in [-0.15, -0.1) is 11.3 Å². The first-order valence-corrected chi connectivity index (χ1v) is 7.51. The number of aromatic nitrogens is 4. The van der Waals surface area contributed by atoms with Crippen LogP contribution in [0.3, 0.4) is 0 Å². The van der Waals surface area contributed by atoms with E-state index in [1.165, 1.54) is 17.7 Å². The van der Waals surface area contributed by atoms with Crippen molar-refractivity contribution in [1.82, 2.24) is 25.1 Å². The van der Waals surface area contributed by atoms with E-state index in [2.05, 4.69) is 34.2 Å². The van der Waals surface area contributed by atoms with E-state index in [-0.39, 0.29) is 11.9 Å². The van der Waals surface area contributed by atoms with Gasteiger partial charge in [-0.2, -0.15) is 5.10 Å². The zero-order valence-electron chi connectivity index (χ0n) is 12.1. The van der Waals surface area contributed by atoms with E-state index in [0.29, 0.717) is 11.6 Å². The number of aryl methyl sites for hydroxylation is 1. The van der Waals surface area contributed by atoms with Gasteiger partial charge in [0.25, 0.3) is 5.91 Å². The van der Waals surface area contributed by atoms with Crippen LogP contribution in [0.25, 0.3) is 0 Å². The van der Waals surface area contributed by atoms with Crippen LogP contribution in [0.5, 0.6) is 0 Å². The molecule has 0 saturated carbocycles. The average molecular weight is 293 g/mol. The zero-order valence-corrected chi connectivity index (χ0v) is 12.9. The molecule has 0 aliphatic rings. The number of nitrogens with one attached hydrogen (secondary N) is 1. The molecule has 2 aromatic heterocycles. The van der Waals surface area contributed by atoms with Gasteiger partial charge in [-0.3, -0.25) is 9.48 Å². The lowest BCUT2D eigenvalue weighted by molar-refractivity contribution is 0.0928. The summed E-state index contributed by atoms with van der Waals surface area (Å²) >= 11 is 1.52. The van der Waals surface area contributed by atoms with Gasteiger partial charge >= 0.3 is 0 Å². The van der Waals surface area contributed by atoms with Crippen LogP contribution in [-0.4, -0.2) is 25.7 Å². The molecule has 1 atom stereocenters. The summed E-state index contributed by atoms with van der Waals surface area (Å²) < 4.78 is 1.68. The Labute approximate surface area is 122 Å². The normalized spacial score (nSPS) is 12.7. The molecule has 0 fully saturated rings. The van der Waals surface area contributed by atoms with Gasteiger partial charge in [0.15, 0.2) is 0 Å². The highest BCUT2D eigenvalue weighted by Gasteiger charge is 2.20. The Morgan fingerprint density at radius 2 is 2.25 bits per heavy atom. The van der Waals surface area contributed by atoms with E-state index in [1.54, 1.807) is 10.1 Å². The van der Waals surface area contributed by atoms with Crippen molar-refractivity contribution in [3.63, 3.8) is 0 Å². The maximum Gasteiger partial charge on any atom is 0.271 e. The molecule has 108 valence electrons. The van der Waals surface area contributed by atoms with Crippen LogP contribution >= 0.6 is 11.3 Å². The first-order valence-electron chi connectivity index (χ1n) is 6.63. The smallest absolute Gasteiger partial charge is 0.271 e. The minimum absolute atomic E-state index is 0.154. The quantitative estimate of drug-likeness (QED) is 0.918. The Kier molecular flexibility index (Phi) is 4.49. The number of nitrogens with zero attached hydrogens (tertiary/aromatic N) is 4. The molecule has 0 aliphatic heterocycles. The maximum absolute atomic E-state index is 12.2. The lowest BCUT2D eigenvalue weighted by Gasteiger charge is -2.15. The van der Waals surface area contributed by atoms with Crippen molar-refractivity contribution in [3.8, 4) is 0 Å². The molecule has 2 heterocycles. The third kappa shape index (κ3) is 3.04. The molecule has 2 rings (SSSR count). The fourth-order valence-electron chi connectivity index (χ4n) is 1.86. The standard InChI is InChI=1S/C13H19N5OS/c1-5-9(11-14-7-15-18(11)4)16-12(19)10-6-20-13(17-10)8(2)3/h6-9H,5H2,1-4H3,(H,16,19)/t9-/m0/s1. The molecule has 1 amide bonds. The first-order chi connectivity index (χ1) is 9.52. The average Bonchev–Trinajstić information content (AvgIpc) is 3.04. The highest BCUT2D eigenvalue weighted by molar-refractivity contribution is 7.09. The molecule has 0 unspecified atom stereocenters. The third-order valence-corrected chi connectivity index (χ3v) is 4.17. The fraction of sp³-hybridized carbons (Fsp3) is 0.538. The molecule has 0 aliphatic carbocycles. The van der Waals surface area contributed by atoms with E-state index < -0.39 is 0 Å². The Morgan fingerprint density at radius 3 is 2.75 bits per heavy atom. The number of amides is 1. The molecule has 7 heteroatoms. The Morgan fingerprint density at radius 1 is 1.50 bits per heavy atom. The van der Waals surface area contributed by atoms with E-state index in [9.17, 15) is 4.79 Å². The highest BCUT2D eigenvalue weighted by atomic mass is 32.1. The van der Waals surface area contributed by atoms with Gasteiger partial charge in [-0.1, -0.05) is 20.8 Å². The SMILES string of the molecule is CC[C@H](NC(=O)c1csc(C(C)C)n1)c1ncnn1C. The molecular weight excluding hydrogens is 274 g/mol. The second-order valence-corrected chi connectivity index (χ2v) is 5.79. The topological polar surface area (TPSA) is 72.7 Å². The molecule has 20 heavy (non-hydrogen) atoms. The molecule has 0 radical (unpaired) electrons. The van der Waals surface area contributed by atoms with Crippen LogP contribution in [0.15, 0.2) is 11.7 Å². The number of rotatable bonds is 5. The second kappa shape index (κ2) is 6.13. The molecule has 0 bridgehead atoms. The summed E-state index contributed by atoms with van der Waals surface area (Å²) in [6, 6.07) is -0.154. The van der Waals surface area contributed by atoms with Crippen LogP contribution in [0.2, 0.25) is 0 Å². The Bertz CT molecular complexity index is 589. The number of carbonyl (C=O) groups is 1. The van der Waals surface area contributed by atoms with E-state index in [0.717, 1.165) is 17.3 Å². The predicted molar refractivity (Wildman–Crippen MR) is 77.7 cm³/mol. The monoisotopic (exact) mass is 293 g/mol. The number of carbonyl (C=O) groups excluding carboxylic acids is 1. The summed E-state index contributed by atoms with van der Waals surface area (Å²) in [5, 5.41) is 9.77. The van der Waals surface area contributed by atoms with Gasteiger partial charge in [0.1, 0.15) is 17.8 Å². The van der Waals surface area contributed by atoms with Gasteiger partial charge in [0.05, 0.1) is 11.0 Å². The first kappa shape index (κ1) is 14.6. The predicted octanol–water partition coefficient (Wildman–Crippen LogP) is 2.28. The van der Waals surface area contributed by atoms with Crippen LogP contribution in [0.4, 0.5) is 0 Å². The lowest BCUT2D eigenvalue weighted by atomic mass is 10.2. The summed E-state index contributed by atoms with van der Waals surface area (Å²) in [6.07, 6.45) is 2.24. The third-order valence-electron chi connectivity index (χ3n) is 3.02. The maximum atomic E-state index is 12.2. The van der Waals surface area contributed by atoms with E-state index >= 15 is 0 Å². The van der Waals surface area contributed by atoms with Crippen molar-refractivity contribution in [2.24, 2.45) is 7.05 Å². The van der Waals surface area contributed by atoms with Crippen LogP contribution in [0, 0.1) is 0 Å². The van der Waals surface area contributed by atoms with Crippen molar-refractivity contribution in [1.29, 1.82) is 0 Å². The van der Waals surface area contributed by atoms with Gasteiger partial charge in [-0.25, -0.2) is 9.97 Å². The summed E-state index contributed by atoms with van der Waals surface area (Å²) in [5.41, 5.74) is 0.472. The summed E-state index contributed by atoms with van der Waals surface area (Å²) in [5.74, 6) is 0.922. The summed E-state index contributed by atoms with van der Waals surface area (Å²) in [7, 11) is 1.82. The van der Waals surface area contributed by atoms with Crippen molar-refractivity contribution < 1.29 is 4.79 Å². The van der Waals surface area contributed by atoms with Gasteiger partial charge in [0.2, 0.25) is 0 Å². The Hall–Kier alpha value is -1.76. The molecular formula is C13H19N5OS. The number of hydrogen-bond donors (Lipinski definition) is 1. The number of hydrogen-bond acceptors (Lipinski definition) is 5. The lowest BCUT2D eigenvalue weighted by Crippen LogP contribution is -2.30. The van der Waals surface area contributed by atoms with Gasteiger partial charge < -0.3 is 5.32 Å². The van der Waals surface area contributed by atoms with E-state index in [1.807, 2.05) is 14.0 Å². The minimum atomic E-state index is -0.164. The van der Waals surface area contributed by atoms with E-state index in [4.69, 9.17) is 0 Å². The van der Waals surface area contributed by atoms with Crippen LogP contribution < -0.4 is 5.32 Å². The second-order valence-electron chi connectivity index (χ2n) is 4.90. The van der Waals surface area contributed by atoms with Crippen molar-refractivity contribution >= 4 is 17.2 Å². The van der Waals surface area contributed by atoms with Crippen LogP contribution in [-0.2, 0) is 7.05 Å². The van der Waals surface area contributed by atoms with Crippen molar-refractivity contribution in [3.05, 3.63) is 28.2 Å². The van der Waals surface area contributed by atoms with Crippen LogP contribution in [0.1, 0.15) is 60.5 Å². The molecule has 0 saturated heterocycles. The Balaban J connectivity index is 2.11. The van der Waals surface area contributed by atoms with Gasteiger partial charge in [-0.05, 0) is 6.42 Å². The number of thiazole rings is 1.